The molecule has 2 aromatic heterocycles. The van der Waals surface area contributed by atoms with Crippen molar-refractivity contribution in [3.05, 3.63) is 46.0 Å². The highest BCUT2D eigenvalue weighted by Gasteiger charge is 2.18. The summed E-state index contributed by atoms with van der Waals surface area (Å²) < 4.78 is 13.0. The van der Waals surface area contributed by atoms with Gasteiger partial charge in [-0.05, 0) is 35.6 Å². The van der Waals surface area contributed by atoms with Crippen molar-refractivity contribution in [3.63, 3.8) is 0 Å². The SMILES string of the molecule is Fc1cccc(N2CCc3sccc3C2)n1. The van der Waals surface area contributed by atoms with Crippen molar-refractivity contribution in [2.45, 2.75) is 13.0 Å². The maximum atomic E-state index is 13.0. The molecule has 3 heterocycles. The van der Waals surface area contributed by atoms with Crippen molar-refractivity contribution >= 4 is 17.2 Å². The van der Waals surface area contributed by atoms with E-state index in [0.29, 0.717) is 0 Å². The molecule has 3 rings (SSSR count). The van der Waals surface area contributed by atoms with Crippen LogP contribution in [0.25, 0.3) is 0 Å². The largest absolute Gasteiger partial charge is 0.352 e. The minimum absolute atomic E-state index is 0.409. The number of anilines is 1. The van der Waals surface area contributed by atoms with E-state index in [0.717, 1.165) is 25.3 Å². The average Bonchev–Trinajstić information content (AvgIpc) is 2.75. The van der Waals surface area contributed by atoms with Gasteiger partial charge >= 0.3 is 0 Å². The molecule has 0 spiro atoms. The minimum atomic E-state index is -0.409. The van der Waals surface area contributed by atoms with E-state index in [-0.39, 0.29) is 0 Å². The molecule has 0 aromatic carbocycles. The van der Waals surface area contributed by atoms with Crippen molar-refractivity contribution in [3.8, 4) is 0 Å². The predicted octanol–water partition coefficient (Wildman–Crippen LogP) is 2.84. The zero-order valence-electron chi connectivity index (χ0n) is 8.69. The van der Waals surface area contributed by atoms with Crippen molar-refractivity contribution < 1.29 is 4.39 Å². The summed E-state index contributed by atoms with van der Waals surface area (Å²) in [7, 11) is 0. The molecule has 0 amide bonds. The van der Waals surface area contributed by atoms with E-state index in [1.165, 1.54) is 16.5 Å². The van der Waals surface area contributed by atoms with Crippen LogP contribution in [-0.2, 0) is 13.0 Å². The Hall–Kier alpha value is -1.42. The van der Waals surface area contributed by atoms with E-state index in [1.807, 2.05) is 6.07 Å². The fourth-order valence-corrected chi connectivity index (χ4v) is 2.91. The lowest BCUT2D eigenvalue weighted by Gasteiger charge is -2.27. The molecule has 1 aliphatic rings. The van der Waals surface area contributed by atoms with Crippen molar-refractivity contribution in [2.75, 3.05) is 11.4 Å². The zero-order chi connectivity index (χ0) is 11.0. The molecule has 0 atom stereocenters. The molecule has 0 N–H and O–H groups in total. The third kappa shape index (κ3) is 1.69. The van der Waals surface area contributed by atoms with Gasteiger partial charge in [-0.1, -0.05) is 6.07 Å². The Bertz CT molecular complexity index is 509. The zero-order valence-corrected chi connectivity index (χ0v) is 9.51. The summed E-state index contributed by atoms with van der Waals surface area (Å²) in [6.07, 6.45) is 1.03. The third-order valence-corrected chi connectivity index (χ3v) is 3.86. The van der Waals surface area contributed by atoms with Crippen LogP contribution in [0.15, 0.2) is 29.6 Å². The topological polar surface area (TPSA) is 16.1 Å². The standard InChI is InChI=1S/C12H11FN2S/c13-11-2-1-3-12(14-11)15-6-4-10-9(8-15)5-7-16-10/h1-3,5,7H,4,6,8H2. The maximum absolute atomic E-state index is 13.0. The molecule has 82 valence electrons. The van der Waals surface area contributed by atoms with Crippen LogP contribution >= 0.6 is 11.3 Å². The summed E-state index contributed by atoms with van der Waals surface area (Å²) >= 11 is 1.80. The third-order valence-electron chi connectivity index (χ3n) is 2.83. The number of fused-ring (bicyclic) bond motifs is 1. The summed E-state index contributed by atoms with van der Waals surface area (Å²) in [5.41, 5.74) is 1.35. The van der Waals surface area contributed by atoms with Gasteiger partial charge in [0.1, 0.15) is 5.82 Å². The van der Waals surface area contributed by atoms with Crippen LogP contribution in [0.4, 0.5) is 10.2 Å². The van der Waals surface area contributed by atoms with Crippen molar-refractivity contribution in [1.29, 1.82) is 0 Å². The molecule has 4 heteroatoms. The average molecular weight is 234 g/mol. The van der Waals surface area contributed by atoms with Gasteiger partial charge in [0, 0.05) is 18.0 Å². The number of nitrogens with zero attached hydrogens (tertiary/aromatic N) is 2. The molecule has 0 bridgehead atoms. The number of hydrogen-bond acceptors (Lipinski definition) is 3. The summed E-state index contributed by atoms with van der Waals surface area (Å²) in [6, 6.07) is 7.09. The number of hydrogen-bond donors (Lipinski definition) is 0. The maximum Gasteiger partial charge on any atom is 0.214 e. The summed E-state index contributed by atoms with van der Waals surface area (Å²) in [5.74, 6) is 0.325. The highest BCUT2D eigenvalue weighted by atomic mass is 32.1. The second kappa shape index (κ2) is 3.87. The van der Waals surface area contributed by atoms with Crippen LogP contribution in [-0.4, -0.2) is 11.5 Å². The van der Waals surface area contributed by atoms with Gasteiger partial charge in [0.15, 0.2) is 0 Å². The fourth-order valence-electron chi connectivity index (χ4n) is 2.02. The summed E-state index contributed by atoms with van der Waals surface area (Å²) in [4.78, 5) is 7.49. The number of halogens is 1. The lowest BCUT2D eigenvalue weighted by atomic mass is 10.1. The molecular formula is C12H11FN2S. The van der Waals surface area contributed by atoms with E-state index in [4.69, 9.17) is 0 Å². The molecule has 0 unspecified atom stereocenters. The molecule has 16 heavy (non-hydrogen) atoms. The highest BCUT2D eigenvalue weighted by molar-refractivity contribution is 7.10. The van der Waals surface area contributed by atoms with Crippen LogP contribution in [0.5, 0.6) is 0 Å². The predicted molar refractivity (Wildman–Crippen MR) is 63.3 cm³/mol. The lowest BCUT2D eigenvalue weighted by Crippen LogP contribution is -2.30. The molecule has 0 radical (unpaired) electrons. The van der Waals surface area contributed by atoms with Crippen LogP contribution in [0.3, 0.4) is 0 Å². The highest BCUT2D eigenvalue weighted by Crippen LogP contribution is 2.26. The summed E-state index contributed by atoms with van der Waals surface area (Å²) in [6.45, 7) is 1.76. The van der Waals surface area contributed by atoms with E-state index in [1.54, 1.807) is 17.4 Å². The normalized spacial score (nSPS) is 14.9. The monoisotopic (exact) mass is 234 g/mol. The molecular weight excluding hydrogens is 223 g/mol. The lowest BCUT2D eigenvalue weighted by molar-refractivity contribution is 0.579. The molecule has 1 aliphatic heterocycles. The Morgan fingerprint density at radius 2 is 2.25 bits per heavy atom. The molecule has 0 saturated heterocycles. The van der Waals surface area contributed by atoms with Gasteiger partial charge in [-0.2, -0.15) is 4.39 Å². The van der Waals surface area contributed by atoms with Crippen LogP contribution < -0.4 is 4.90 Å². The summed E-state index contributed by atoms with van der Waals surface area (Å²) in [5, 5.41) is 2.12. The van der Waals surface area contributed by atoms with Crippen LogP contribution in [0.2, 0.25) is 0 Å². The number of pyridine rings is 1. The van der Waals surface area contributed by atoms with Gasteiger partial charge in [-0.25, -0.2) is 4.98 Å². The number of thiophene rings is 1. The molecule has 0 aliphatic carbocycles. The van der Waals surface area contributed by atoms with Gasteiger partial charge < -0.3 is 4.90 Å². The van der Waals surface area contributed by atoms with Crippen molar-refractivity contribution in [1.82, 2.24) is 4.98 Å². The Morgan fingerprint density at radius 3 is 3.12 bits per heavy atom. The van der Waals surface area contributed by atoms with Crippen LogP contribution in [0.1, 0.15) is 10.4 Å². The first-order chi connectivity index (χ1) is 7.83. The van der Waals surface area contributed by atoms with E-state index >= 15 is 0 Å². The Kier molecular flexibility index (Phi) is 2.36. The van der Waals surface area contributed by atoms with Gasteiger partial charge in [-0.3, -0.25) is 0 Å². The first-order valence-electron chi connectivity index (χ1n) is 5.26. The Morgan fingerprint density at radius 1 is 1.31 bits per heavy atom. The first kappa shape index (κ1) is 9.78. The molecule has 0 saturated carbocycles. The van der Waals surface area contributed by atoms with E-state index in [9.17, 15) is 4.39 Å². The minimum Gasteiger partial charge on any atom is -0.352 e. The molecule has 2 nitrogen and oxygen atoms in total. The molecule has 0 fully saturated rings. The van der Waals surface area contributed by atoms with Gasteiger partial charge in [0.05, 0.1) is 0 Å². The molecule has 2 aromatic rings. The second-order valence-corrected chi connectivity index (χ2v) is 4.86. The van der Waals surface area contributed by atoms with E-state index < -0.39 is 5.95 Å². The second-order valence-electron chi connectivity index (χ2n) is 3.86. The van der Waals surface area contributed by atoms with Gasteiger partial charge in [-0.15, -0.1) is 11.3 Å². The quantitative estimate of drug-likeness (QED) is 0.705. The van der Waals surface area contributed by atoms with E-state index in [2.05, 4.69) is 21.3 Å². The van der Waals surface area contributed by atoms with Crippen molar-refractivity contribution in [2.24, 2.45) is 0 Å². The first-order valence-corrected chi connectivity index (χ1v) is 6.13. The fraction of sp³-hybridized carbons (Fsp3) is 0.250. The smallest absolute Gasteiger partial charge is 0.214 e. The van der Waals surface area contributed by atoms with Gasteiger partial charge in [0.2, 0.25) is 5.95 Å². The van der Waals surface area contributed by atoms with Crippen LogP contribution in [0, 0.1) is 5.95 Å². The van der Waals surface area contributed by atoms with Gasteiger partial charge in [0.25, 0.3) is 0 Å². The Labute approximate surface area is 97.4 Å². The Balaban J connectivity index is 1.88. The number of aromatic nitrogens is 1. The number of rotatable bonds is 1.